The number of aliphatic hydroxyl groups is 1. The Morgan fingerprint density at radius 3 is 2.65 bits per heavy atom. The molecule has 0 atom stereocenters. The summed E-state index contributed by atoms with van der Waals surface area (Å²) in [5.41, 5.74) is 2.65. The van der Waals surface area contributed by atoms with Gasteiger partial charge in [-0.2, -0.15) is 0 Å². The van der Waals surface area contributed by atoms with Crippen molar-refractivity contribution >= 4 is 40.0 Å². The van der Waals surface area contributed by atoms with Gasteiger partial charge in [0.1, 0.15) is 11.6 Å². The van der Waals surface area contributed by atoms with E-state index < -0.39 is 11.4 Å². The molecule has 1 aliphatic rings. The summed E-state index contributed by atoms with van der Waals surface area (Å²) < 4.78 is 15.2. The van der Waals surface area contributed by atoms with E-state index in [1.165, 1.54) is 12.1 Å². The van der Waals surface area contributed by atoms with E-state index in [1.807, 2.05) is 44.2 Å². The van der Waals surface area contributed by atoms with Gasteiger partial charge in [0.25, 0.3) is 0 Å². The zero-order chi connectivity index (χ0) is 28.3. The molecular weight excluding hydrogens is 509 g/mol. The van der Waals surface area contributed by atoms with Crippen LogP contribution in [0.5, 0.6) is 0 Å². The maximum absolute atomic E-state index is 15.2. The highest BCUT2D eigenvalue weighted by Gasteiger charge is 2.23. The first kappa shape index (κ1) is 27.2. The molecule has 1 aliphatic heterocycles. The first-order valence-electron chi connectivity index (χ1n) is 13.1. The second kappa shape index (κ2) is 11.4. The molecule has 9 nitrogen and oxygen atoms in total. The van der Waals surface area contributed by atoms with Gasteiger partial charge in [-0.25, -0.2) is 19.3 Å². The number of nitrogens with one attached hydrogen (secondary N) is 2. The Hall–Kier alpha value is -4.41. The first-order valence-corrected chi connectivity index (χ1v) is 13.1. The topological polar surface area (TPSA) is 107 Å². The van der Waals surface area contributed by atoms with Gasteiger partial charge in [0, 0.05) is 61.8 Å². The molecule has 2 aromatic heterocycles. The monoisotopic (exact) mass is 541 g/mol. The number of carbonyl (C=O) groups excluding carboxylic acids is 1. The zero-order valence-corrected chi connectivity index (χ0v) is 22.6. The standard InChI is InChI=1S/C30H32FN7O2/c1-4-27(39)35-26-16-20(10-11-32-26)23-7-5-6-21-18-33-29(36-28(21)23)34-25-9-8-22(17-24(25)31)38-14-12-37(13-15-38)19-30(2,3)40/h4-11,16-18,40H,1,12-15,19H2,2-3H3,(H,32,35,39)(H,33,34,36). The van der Waals surface area contributed by atoms with Crippen LogP contribution in [0, 0.1) is 5.82 Å². The van der Waals surface area contributed by atoms with Crippen molar-refractivity contribution in [3.8, 4) is 11.1 Å². The van der Waals surface area contributed by atoms with Gasteiger partial charge in [0.15, 0.2) is 0 Å². The number of fused-ring (bicyclic) bond motifs is 1. The molecule has 3 heterocycles. The molecule has 0 saturated carbocycles. The number of halogens is 1. The number of anilines is 4. The van der Waals surface area contributed by atoms with E-state index in [0.29, 0.717) is 17.9 Å². The Labute approximate surface area is 232 Å². The third-order valence-corrected chi connectivity index (χ3v) is 6.67. The lowest BCUT2D eigenvalue weighted by Gasteiger charge is -2.38. The van der Waals surface area contributed by atoms with Gasteiger partial charge in [0.05, 0.1) is 16.8 Å². The van der Waals surface area contributed by atoms with Gasteiger partial charge >= 0.3 is 0 Å². The number of hydrogen-bond donors (Lipinski definition) is 3. The summed E-state index contributed by atoms with van der Waals surface area (Å²) in [4.78, 5) is 29.4. The van der Waals surface area contributed by atoms with Crippen LogP contribution < -0.4 is 15.5 Å². The quantitative estimate of drug-likeness (QED) is 0.278. The molecule has 0 bridgehead atoms. The Balaban J connectivity index is 1.34. The number of rotatable bonds is 8. The highest BCUT2D eigenvalue weighted by atomic mass is 19.1. The molecule has 1 fully saturated rings. The molecule has 206 valence electrons. The minimum absolute atomic E-state index is 0.265. The fourth-order valence-electron chi connectivity index (χ4n) is 4.83. The van der Waals surface area contributed by atoms with Crippen LogP contribution >= 0.6 is 0 Å². The van der Waals surface area contributed by atoms with Gasteiger partial charge in [-0.05, 0) is 55.8 Å². The van der Waals surface area contributed by atoms with Gasteiger partial charge in [-0.15, -0.1) is 0 Å². The Morgan fingerprint density at radius 2 is 1.93 bits per heavy atom. The molecule has 1 saturated heterocycles. The molecule has 3 N–H and O–H groups in total. The second-order valence-corrected chi connectivity index (χ2v) is 10.4. The lowest BCUT2D eigenvalue weighted by molar-refractivity contribution is -0.111. The lowest BCUT2D eigenvalue weighted by Crippen LogP contribution is -2.50. The van der Waals surface area contributed by atoms with Gasteiger partial charge in [0.2, 0.25) is 11.9 Å². The van der Waals surface area contributed by atoms with Crippen LogP contribution in [0.15, 0.2) is 73.6 Å². The highest BCUT2D eigenvalue weighted by molar-refractivity contribution is 5.99. The molecule has 0 spiro atoms. The van der Waals surface area contributed by atoms with Crippen molar-refractivity contribution in [1.29, 1.82) is 0 Å². The average Bonchev–Trinajstić information content (AvgIpc) is 2.93. The Bertz CT molecular complexity index is 1550. The van der Waals surface area contributed by atoms with Crippen molar-refractivity contribution in [2.75, 3.05) is 48.3 Å². The van der Waals surface area contributed by atoms with E-state index in [-0.39, 0.29) is 17.5 Å². The van der Waals surface area contributed by atoms with Crippen molar-refractivity contribution in [1.82, 2.24) is 19.9 Å². The molecule has 0 radical (unpaired) electrons. The predicted molar refractivity (Wildman–Crippen MR) is 156 cm³/mol. The first-order chi connectivity index (χ1) is 19.2. The van der Waals surface area contributed by atoms with E-state index >= 15 is 4.39 Å². The fraction of sp³-hybridized carbons (Fsp3) is 0.267. The van der Waals surface area contributed by atoms with Gasteiger partial charge in [-0.3, -0.25) is 9.69 Å². The SMILES string of the molecule is C=CC(=O)Nc1cc(-c2cccc3cnc(Nc4ccc(N5CCN(CC(C)(C)O)CC5)cc4F)nc23)ccn1. The number of nitrogens with zero attached hydrogens (tertiary/aromatic N) is 5. The van der Waals surface area contributed by atoms with Crippen LogP contribution in [-0.2, 0) is 4.79 Å². The fourth-order valence-corrected chi connectivity index (χ4v) is 4.83. The summed E-state index contributed by atoms with van der Waals surface area (Å²) >= 11 is 0. The van der Waals surface area contributed by atoms with Crippen LogP contribution in [-0.4, -0.2) is 69.2 Å². The van der Waals surface area contributed by atoms with Crippen LogP contribution in [0.3, 0.4) is 0 Å². The molecule has 0 aliphatic carbocycles. The van der Waals surface area contributed by atoms with E-state index in [2.05, 4.69) is 37.0 Å². The summed E-state index contributed by atoms with van der Waals surface area (Å²) in [6.07, 6.45) is 4.48. The van der Waals surface area contributed by atoms with Crippen molar-refractivity contribution in [2.45, 2.75) is 19.4 Å². The molecule has 1 amide bonds. The summed E-state index contributed by atoms with van der Waals surface area (Å²) in [5.74, 6) is -0.0868. The number of hydrogen-bond acceptors (Lipinski definition) is 8. The number of benzene rings is 2. The number of amides is 1. The normalized spacial score (nSPS) is 14.2. The van der Waals surface area contributed by atoms with E-state index in [1.54, 1.807) is 24.5 Å². The molecule has 5 rings (SSSR count). The summed E-state index contributed by atoms with van der Waals surface area (Å²) in [6.45, 7) is 10.8. The summed E-state index contributed by atoms with van der Waals surface area (Å²) in [7, 11) is 0. The van der Waals surface area contributed by atoms with E-state index in [0.717, 1.165) is 48.4 Å². The third-order valence-electron chi connectivity index (χ3n) is 6.67. The summed E-state index contributed by atoms with van der Waals surface area (Å²) in [6, 6.07) is 14.4. The molecule has 4 aromatic rings. The van der Waals surface area contributed by atoms with Crippen LogP contribution in [0.2, 0.25) is 0 Å². The van der Waals surface area contributed by atoms with Crippen LogP contribution in [0.4, 0.5) is 27.5 Å². The molecule has 2 aromatic carbocycles. The van der Waals surface area contributed by atoms with Crippen LogP contribution in [0.25, 0.3) is 22.0 Å². The molecular formula is C30H32FN7O2. The molecule has 10 heteroatoms. The van der Waals surface area contributed by atoms with Crippen LogP contribution in [0.1, 0.15) is 13.8 Å². The second-order valence-electron chi connectivity index (χ2n) is 10.4. The number of para-hydroxylation sites is 1. The average molecular weight is 542 g/mol. The number of aromatic nitrogens is 3. The number of pyridine rings is 1. The Kier molecular flexibility index (Phi) is 7.72. The lowest BCUT2D eigenvalue weighted by atomic mass is 10.0. The van der Waals surface area contributed by atoms with Crippen molar-refractivity contribution in [3.63, 3.8) is 0 Å². The van der Waals surface area contributed by atoms with Gasteiger partial charge < -0.3 is 20.6 Å². The van der Waals surface area contributed by atoms with Crippen molar-refractivity contribution in [3.05, 3.63) is 79.4 Å². The maximum atomic E-state index is 15.2. The van der Waals surface area contributed by atoms with Crippen molar-refractivity contribution < 1.29 is 14.3 Å². The van der Waals surface area contributed by atoms with Crippen molar-refractivity contribution in [2.24, 2.45) is 0 Å². The highest BCUT2D eigenvalue weighted by Crippen LogP contribution is 2.30. The zero-order valence-electron chi connectivity index (χ0n) is 22.6. The molecule has 0 unspecified atom stereocenters. The Morgan fingerprint density at radius 1 is 1.12 bits per heavy atom. The third kappa shape index (κ3) is 6.41. The number of piperazine rings is 1. The summed E-state index contributed by atoms with van der Waals surface area (Å²) in [5, 5.41) is 16.6. The minimum Gasteiger partial charge on any atom is -0.389 e. The minimum atomic E-state index is -0.739. The smallest absolute Gasteiger partial charge is 0.248 e. The number of carbonyl (C=O) groups is 1. The largest absolute Gasteiger partial charge is 0.389 e. The predicted octanol–water partition coefficient (Wildman–Crippen LogP) is 4.59. The maximum Gasteiger partial charge on any atom is 0.248 e. The molecule has 40 heavy (non-hydrogen) atoms. The van der Waals surface area contributed by atoms with Gasteiger partial charge in [-0.1, -0.05) is 24.8 Å². The number of β-amino-alcohol motifs (C(OH)–C–C–N with tert-alkyl or cyclic N) is 1. The van der Waals surface area contributed by atoms with E-state index in [9.17, 15) is 9.90 Å². The van der Waals surface area contributed by atoms with E-state index in [4.69, 9.17) is 4.98 Å².